The first-order chi connectivity index (χ1) is 13.0. The predicted molar refractivity (Wildman–Crippen MR) is 106 cm³/mol. The van der Waals surface area contributed by atoms with Crippen LogP contribution >= 0.6 is 0 Å². The number of halogens is 1. The maximum atomic E-state index is 13.6. The molecule has 0 bridgehead atoms. The molecule has 0 spiro atoms. The topological polar surface area (TPSA) is 46.3 Å². The molecule has 1 saturated carbocycles. The Morgan fingerprint density at radius 3 is 2.56 bits per heavy atom. The van der Waals surface area contributed by atoms with Crippen molar-refractivity contribution in [3.8, 4) is 11.1 Å². The van der Waals surface area contributed by atoms with Crippen LogP contribution in [0.2, 0.25) is 0 Å². The highest BCUT2D eigenvalue weighted by Gasteiger charge is 2.46. The van der Waals surface area contributed by atoms with Crippen LogP contribution in [0.4, 0.5) is 4.39 Å². The summed E-state index contributed by atoms with van der Waals surface area (Å²) in [6, 6.07) is 14.8. The number of carbonyl (C=O) groups is 1. The van der Waals surface area contributed by atoms with Crippen molar-refractivity contribution in [2.24, 2.45) is 11.1 Å². The van der Waals surface area contributed by atoms with Gasteiger partial charge < -0.3 is 10.6 Å². The molecule has 3 nitrogen and oxygen atoms in total. The van der Waals surface area contributed by atoms with E-state index in [1.165, 1.54) is 6.07 Å². The van der Waals surface area contributed by atoms with Crippen LogP contribution in [0, 0.1) is 11.2 Å². The fraction of sp³-hybridized carbons (Fsp3) is 0.435. The quantitative estimate of drug-likeness (QED) is 0.883. The van der Waals surface area contributed by atoms with E-state index in [9.17, 15) is 9.18 Å². The maximum absolute atomic E-state index is 13.6. The lowest BCUT2D eigenvalue weighted by atomic mass is 9.69. The molecule has 1 amide bonds. The summed E-state index contributed by atoms with van der Waals surface area (Å²) in [6.07, 6.45) is 4.71. The van der Waals surface area contributed by atoms with Crippen LogP contribution in [0.15, 0.2) is 48.5 Å². The van der Waals surface area contributed by atoms with Crippen molar-refractivity contribution < 1.29 is 9.18 Å². The highest BCUT2D eigenvalue weighted by atomic mass is 19.1. The number of nitrogens with zero attached hydrogens (tertiary/aromatic N) is 1. The van der Waals surface area contributed by atoms with E-state index in [0.717, 1.165) is 55.3 Å². The molecule has 0 radical (unpaired) electrons. The predicted octanol–water partition coefficient (Wildman–Crippen LogP) is 4.15. The molecule has 2 N–H and O–H groups in total. The number of benzene rings is 2. The van der Waals surface area contributed by atoms with Crippen LogP contribution in [0.1, 0.15) is 38.2 Å². The van der Waals surface area contributed by atoms with Crippen LogP contribution in [0.5, 0.6) is 0 Å². The molecule has 1 aliphatic carbocycles. The van der Waals surface area contributed by atoms with Crippen molar-refractivity contribution in [1.82, 2.24) is 4.90 Å². The third-order valence-corrected chi connectivity index (χ3v) is 6.36. The van der Waals surface area contributed by atoms with Crippen molar-refractivity contribution in [3.05, 3.63) is 59.9 Å². The van der Waals surface area contributed by atoms with Crippen LogP contribution in [-0.2, 0) is 11.2 Å². The van der Waals surface area contributed by atoms with Gasteiger partial charge in [-0.3, -0.25) is 4.79 Å². The van der Waals surface area contributed by atoms with Crippen molar-refractivity contribution in [2.45, 2.75) is 51.1 Å². The average Bonchev–Trinajstić information content (AvgIpc) is 3.00. The standard InChI is InChI=1S/C23H27FN2O/c1-23(10-4-11-23)22(27)26-12-9-20(25)21(26)14-16-5-2-6-17(13-16)18-7-3-8-19(24)15-18/h2-3,5-8,13,15,20-21H,4,9-12,14,25H2,1H3. The molecule has 2 aromatic carbocycles. The molecule has 27 heavy (non-hydrogen) atoms. The summed E-state index contributed by atoms with van der Waals surface area (Å²) in [5, 5.41) is 0. The minimum absolute atomic E-state index is 0.00968. The van der Waals surface area contributed by atoms with E-state index >= 15 is 0 Å². The van der Waals surface area contributed by atoms with Crippen molar-refractivity contribution in [2.75, 3.05) is 6.54 Å². The molecule has 2 aliphatic rings. The fourth-order valence-corrected chi connectivity index (χ4v) is 4.45. The Kier molecular flexibility index (Phi) is 4.77. The number of amides is 1. The molecule has 1 saturated heterocycles. The maximum Gasteiger partial charge on any atom is 0.228 e. The summed E-state index contributed by atoms with van der Waals surface area (Å²) in [6.45, 7) is 2.84. The van der Waals surface area contributed by atoms with Gasteiger partial charge >= 0.3 is 0 Å². The largest absolute Gasteiger partial charge is 0.337 e. The Bertz CT molecular complexity index is 846. The molecule has 2 aromatic rings. The summed E-state index contributed by atoms with van der Waals surface area (Å²) in [4.78, 5) is 15.1. The summed E-state index contributed by atoms with van der Waals surface area (Å²) in [5.74, 6) is 0.0363. The third kappa shape index (κ3) is 3.51. The highest BCUT2D eigenvalue weighted by Crippen LogP contribution is 2.43. The number of likely N-dealkylation sites (tertiary alicyclic amines) is 1. The number of nitrogens with two attached hydrogens (primary N) is 1. The van der Waals surface area contributed by atoms with Gasteiger partial charge in [0.15, 0.2) is 0 Å². The van der Waals surface area contributed by atoms with E-state index in [1.807, 2.05) is 23.1 Å². The van der Waals surface area contributed by atoms with Crippen molar-refractivity contribution >= 4 is 5.91 Å². The van der Waals surface area contributed by atoms with E-state index < -0.39 is 0 Å². The monoisotopic (exact) mass is 366 g/mol. The Balaban J connectivity index is 1.55. The Labute approximate surface area is 160 Å². The molecule has 2 unspecified atom stereocenters. The Morgan fingerprint density at radius 1 is 1.19 bits per heavy atom. The van der Waals surface area contributed by atoms with Crippen molar-refractivity contribution in [3.63, 3.8) is 0 Å². The molecule has 142 valence electrons. The second-order valence-electron chi connectivity index (χ2n) is 8.35. The normalized spacial score (nSPS) is 23.9. The van der Waals surface area contributed by atoms with Crippen LogP contribution in [-0.4, -0.2) is 29.4 Å². The van der Waals surface area contributed by atoms with Gasteiger partial charge in [-0.25, -0.2) is 4.39 Å². The van der Waals surface area contributed by atoms with Gasteiger partial charge in [0, 0.05) is 18.0 Å². The first kappa shape index (κ1) is 18.2. The molecule has 0 aromatic heterocycles. The van der Waals surface area contributed by atoms with Gasteiger partial charge in [0.25, 0.3) is 0 Å². The minimum atomic E-state index is -0.235. The molecule has 4 rings (SSSR count). The first-order valence-corrected chi connectivity index (χ1v) is 9.88. The van der Waals surface area contributed by atoms with Gasteiger partial charge in [0.2, 0.25) is 5.91 Å². The smallest absolute Gasteiger partial charge is 0.228 e. The summed E-state index contributed by atoms with van der Waals surface area (Å²) < 4.78 is 13.6. The van der Waals surface area contributed by atoms with E-state index in [-0.39, 0.29) is 29.2 Å². The molecule has 2 fully saturated rings. The van der Waals surface area contributed by atoms with Gasteiger partial charge in [-0.1, -0.05) is 49.7 Å². The molecular weight excluding hydrogens is 339 g/mol. The van der Waals surface area contributed by atoms with Gasteiger partial charge in [-0.05, 0) is 54.5 Å². The average molecular weight is 366 g/mol. The Morgan fingerprint density at radius 2 is 1.89 bits per heavy atom. The lowest BCUT2D eigenvalue weighted by molar-refractivity contribution is -0.147. The van der Waals surface area contributed by atoms with Crippen LogP contribution < -0.4 is 5.73 Å². The first-order valence-electron chi connectivity index (χ1n) is 9.88. The lowest BCUT2D eigenvalue weighted by Gasteiger charge is -2.41. The second kappa shape index (κ2) is 7.08. The SMILES string of the molecule is CC1(C(=O)N2CCC(N)C2Cc2cccc(-c3cccc(F)c3)c2)CCC1. The fourth-order valence-electron chi connectivity index (χ4n) is 4.45. The lowest BCUT2D eigenvalue weighted by Crippen LogP contribution is -2.51. The third-order valence-electron chi connectivity index (χ3n) is 6.36. The summed E-state index contributed by atoms with van der Waals surface area (Å²) in [5.41, 5.74) is 9.18. The number of hydrogen-bond acceptors (Lipinski definition) is 2. The molecule has 2 atom stereocenters. The number of carbonyl (C=O) groups excluding carboxylic acids is 1. The van der Waals surface area contributed by atoms with Crippen molar-refractivity contribution in [1.29, 1.82) is 0 Å². The van der Waals surface area contributed by atoms with Gasteiger partial charge in [-0.2, -0.15) is 0 Å². The van der Waals surface area contributed by atoms with Gasteiger partial charge in [0.05, 0.1) is 6.04 Å². The van der Waals surface area contributed by atoms with E-state index in [4.69, 9.17) is 5.73 Å². The molecule has 1 heterocycles. The van der Waals surface area contributed by atoms with E-state index in [2.05, 4.69) is 19.1 Å². The summed E-state index contributed by atoms with van der Waals surface area (Å²) in [7, 11) is 0. The minimum Gasteiger partial charge on any atom is -0.337 e. The highest BCUT2D eigenvalue weighted by molar-refractivity contribution is 5.84. The molecular formula is C23H27FN2O. The summed E-state index contributed by atoms with van der Waals surface area (Å²) >= 11 is 0. The van der Waals surface area contributed by atoms with Crippen LogP contribution in [0.3, 0.4) is 0 Å². The van der Waals surface area contributed by atoms with Gasteiger partial charge in [-0.15, -0.1) is 0 Å². The number of hydrogen-bond donors (Lipinski definition) is 1. The molecule has 4 heteroatoms. The number of rotatable bonds is 4. The van der Waals surface area contributed by atoms with Gasteiger partial charge in [0.1, 0.15) is 5.82 Å². The zero-order chi connectivity index (χ0) is 19.0. The Hall–Kier alpha value is -2.20. The molecule has 1 aliphatic heterocycles. The van der Waals surface area contributed by atoms with E-state index in [1.54, 1.807) is 12.1 Å². The zero-order valence-electron chi connectivity index (χ0n) is 15.8. The zero-order valence-corrected chi connectivity index (χ0v) is 15.8. The second-order valence-corrected chi connectivity index (χ2v) is 8.35. The van der Waals surface area contributed by atoms with E-state index in [0.29, 0.717) is 0 Å². The van der Waals surface area contributed by atoms with Crippen LogP contribution in [0.25, 0.3) is 11.1 Å².